The Balaban J connectivity index is 0.000000147. The topological polar surface area (TPSA) is 34.0 Å². The third-order valence-electron chi connectivity index (χ3n) is 1.60. The van der Waals surface area contributed by atoms with Crippen molar-refractivity contribution in [1.82, 2.24) is 10.6 Å². The molecule has 0 amide bonds. The summed E-state index contributed by atoms with van der Waals surface area (Å²) in [5.41, 5.74) is 0.611. The predicted octanol–water partition coefficient (Wildman–Crippen LogP) is -0.0422. The van der Waals surface area contributed by atoms with Crippen LogP contribution in [-0.4, -0.2) is 25.2 Å². The molecule has 2 fully saturated rings. The zero-order valence-corrected chi connectivity index (χ0v) is 5.62. The van der Waals surface area contributed by atoms with E-state index in [1.54, 1.807) is 0 Å². The van der Waals surface area contributed by atoms with Crippen LogP contribution in [0.15, 0.2) is 0 Å². The number of nitrogens with one attached hydrogen (secondary N) is 2. The van der Waals surface area contributed by atoms with E-state index in [1.165, 1.54) is 19.6 Å². The van der Waals surface area contributed by atoms with Gasteiger partial charge in [0.1, 0.15) is 0 Å². The van der Waals surface area contributed by atoms with Crippen LogP contribution in [0.2, 0.25) is 0 Å². The van der Waals surface area contributed by atoms with Gasteiger partial charge in [0.25, 0.3) is 0 Å². The molecule has 2 heteroatoms. The Morgan fingerprint density at radius 2 is 1.62 bits per heavy atom. The molecule has 2 heterocycles. The third kappa shape index (κ3) is 0.858. The second-order valence-corrected chi connectivity index (χ2v) is 2.24. The maximum Gasteiger partial charge on any atom is 0.0559 e. The maximum atomic E-state index is 3.28. The SMILES string of the molecule is C1NCC12CN2.CC. The first-order valence-corrected chi connectivity index (χ1v) is 3.37. The van der Waals surface area contributed by atoms with E-state index in [2.05, 4.69) is 10.6 Å². The number of hydrogen-bond donors (Lipinski definition) is 2. The molecule has 0 atom stereocenters. The summed E-state index contributed by atoms with van der Waals surface area (Å²) >= 11 is 0. The molecule has 2 N–H and O–H groups in total. The molecule has 8 heavy (non-hydrogen) atoms. The van der Waals surface area contributed by atoms with Gasteiger partial charge in [-0.1, -0.05) is 13.8 Å². The lowest BCUT2D eigenvalue weighted by molar-refractivity contribution is 0.409. The molecule has 0 bridgehead atoms. The highest BCUT2D eigenvalue weighted by Crippen LogP contribution is 2.19. The van der Waals surface area contributed by atoms with Gasteiger partial charge in [0.2, 0.25) is 0 Å². The smallest absolute Gasteiger partial charge is 0.0559 e. The fourth-order valence-electron chi connectivity index (χ4n) is 0.802. The van der Waals surface area contributed by atoms with Crippen molar-refractivity contribution in [1.29, 1.82) is 0 Å². The van der Waals surface area contributed by atoms with Gasteiger partial charge in [-0.15, -0.1) is 0 Å². The van der Waals surface area contributed by atoms with Crippen LogP contribution in [0.5, 0.6) is 0 Å². The van der Waals surface area contributed by atoms with Crippen molar-refractivity contribution >= 4 is 0 Å². The van der Waals surface area contributed by atoms with Crippen LogP contribution in [0.25, 0.3) is 0 Å². The molecule has 2 rings (SSSR count). The van der Waals surface area contributed by atoms with Gasteiger partial charge in [0.15, 0.2) is 0 Å². The van der Waals surface area contributed by atoms with Crippen LogP contribution in [0, 0.1) is 0 Å². The minimum atomic E-state index is 0.611. The normalized spacial score (nSPS) is 27.8. The minimum Gasteiger partial charge on any atom is -0.313 e. The zero-order valence-electron chi connectivity index (χ0n) is 5.62. The van der Waals surface area contributed by atoms with E-state index in [0.717, 1.165) is 0 Å². The molecular weight excluding hydrogens is 100 g/mol. The highest BCUT2D eigenvalue weighted by atomic mass is 15.3. The third-order valence-corrected chi connectivity index (χ3v) is 1.60. The standard InChI is InChI=1S/C4H8N2.C2H6/c1-4(2-5-1)3-6-4;1-2/h5-6H,1-3H2;1-2H3. The van der Waals surface area contributed by atoms with Crippen molar-refractivity contribution in [2.75, 3.05) is 19.6 Å². The van der Waals surface area contributed by atoms with Crippen molar-refractivity contribution in [2.45, 2.75) is 19.4 Å². The van der Waals surface area contributed by atoms with Crippen LogP contribution < -0.4 is 10.6 Å². The molecule has 48 valence electrons. The van der Waals surface area contributed by atoms with Crippen molar-refractivity contribution in [2.24, 2.45) is 0 Å². The molecule has 0 radical (unpaired) electrons. The van der Waals surface area contributed by atoms with E-state index >= 15 is 0 Å². The summed E-state index contributed by atoms with van der Waals surface area (Å²) in [5, 5.41) is 6.49. The van der Waals surface area contributed by atoms with E-state index in [1.807, 2.05) is 13.8 Å². The summed E-state index contributed by atoms with van der Waals surface area (Å²) in [4.78, 5) is 0. The summed E-state index contributed by atoms with van der Waals surface area (Å²) in [6.07, 6.45) is 0. The first-order valence-electron chi connectivity index (χ1n) is 3.37. The molecule has 0 aromatic heterocycles. The van der Waals surface area contributed by atoms with Crippen LogP contribution in [0.4, 0.5) is 0 Å². The van der Waals surface area contributed by atoms with Crippen LogP contribution in [0.3, 0.4) is 0 Å². The van der Waals surface area contributed by atoms with Gasteiger partial charge < -0.3 is 10.6 Å². The van der Waals surface area contributed by atoms with Crippen LogP contribution in [0.1, 0.15) is 13.8 Å². The van der Waals surface area contributed by atoms with Gasteiger partial charge >= 0.3 is 0 Å². The molecule has 0 aliphatic carbocycles. The highest BCUT2D eigenvalue weighted by molar-refractivity contribution is 5.13. The van der Waals surface area contributed by atoms with Crippen LogP contribution in [-0.2, 0) is 0 Å². The van der Waals surface area contributed by atoms with E-state index in [4.69, 9.17) is 0 Å². The molecule has 1 spiro atoms. The molecule has 2 aliphatic rings. The fourth-order valence-corrected chi connectivity index (χ4v) is 0.802. The second-order valence-electron chi connectivity index (χ2n) is 2.24. The first kappa shape index (κ1) is 6.05. The quantitative estimate of drug-likeness (QED) is 0.433. The Bertz CT molecular complexity index is 70.6. The van der Waals surface area contributed by atoms with E-state index in [-0.39, 0.29) is 0 Å². The predicted molar refractivity (Wildman–Crippen MR) is 35.0 cm³/mol. The Labute approximate surface area is 50.7 Å². The van der Waals surface area contributed by atoms with Crippen molar-refractivity contribution in [3.05, 3.63) is 0 Å². The van der Waals surface area contributed by atoms with Crippen molar-refractivity contribution < 1.29 is 0 Å². The Hall–Kier alpha value is -0.0800. The largest absolute Gasteiger partial charge is 0.313 e. The van der Waals surface area contributed by atoms with E-state index in [0.29, 0.717) is 5.54 Å². The molecule has 2 saturated heterocycles. The lowest BCUT2D eigenvalue weighted by Gasteiger charge is -2.24. The van der Waals surface area contributed by atoms with Gasteiger partial charge in [-0.2, -0.15) is 0 Å². The summed E-state index contributed by atoms with van der Waals surface area (Å²) in [5.74, 6) is 0. The lowest BCUT2D eigenvalue weighted by Crippen LogP contribution is -2.52. The molecule has 0 unspecified atom stereocenters. The second kappa shape index (κ2) is 2.03. The van der Waals surface area contributed by atoms with Gasteiger partial charge in [-0.25, -0.2) is 0 Å². The number of hydrogen-bond acceptors (Lipinski definition) is 2. The Morgan fingerprint density at radius 3 is 1.62 bits per heavy atom. The van der Waals surface area contributed by atoms with Gasteiger partial charge in [0, 0.05) is 19.6 Å². The Kier molecular flexibility index (Phi) is 1.54. The molecule has 0 aromatic rings. The molecule has 2 aliphatic heterocycles. The summed E-state index contributed by atoms with van der Waals surface area (Å²) in [6, 6.07) is 0. The average Bonchev–Trinajstić information content (AvgIpc) is 2.46. The van der Waals surface area contributed by atoms with Crippen molar-refractivity contribution in [3.8, 4) is 0 Å². The average molecular weight is 114 g/mol. The maximum absolute atomic E-state index is 3.28. The monoisotopic (exact) mass is 114 g/mol. The Morgan fingerprint density at radius 1 is 1.12 bits per heavy atom. The lowest BCUT2D eigenvalue weighted by atomic mass is 10.1. The van der Waals surface area contributed by atoms with Gasteiger partial charge in [0.05, 0.1) is 5.54 Å². The summed E-state index contributed by atoms with van der Waals surface area (Å²) in [7, 11) is 0. The van der Waals surface area contributed by atoms with E-state index in [9.17, 15) is 0 Å². The summed E-state index contributed by atoms with van der Waals surface area (Å²) in [6.45, 7) is 7.65. The van der Waals surface area contributed by atoms with E-state index < -0.39 is 0 Å². The first-order chi connectivity index (χ1) is 3.91. The van der Waals surface area contributed by atoms with Crippen LogP contribution >= 0.6 is 0 Å². The summed E-state index contributed by atoms with van der Waals surface area (Å²) < 4.78 is 0. The zero-order chi connectivity index (χ0) is 6.04. The van der Waals surface area contributed by atoms with Crippen molar-refractivity contribution in [3.63, 3.8) is 0 Å². The molecule has 0 saturated carbocycles. The highest BCUT2D eigenvalue weighted by Gasteiger charge is 2.47. The van der Waals surface area contributed by atoms with Gasteiger partial charge in [-0.05, 0) is 0 Å². The number of rotatable bonds is 0. The fraction of sp³-hybridized carbons (Fsp3) is 1.00. The molecular formula is C6H14N2. The molecule has 0 aromatic carbocycles. The molecule has 2 nitrogen and oxygen atoms in total. The van der Waals surface area contributed by atoms with Gasteiger partial charge in [-0.3, -0.25) is 0 Å². The minimum absolute atomic E-state index is 0.611.